The van der Waals surface area contributed by atoms with Crippen molar-refractivity contribution in [3.05, 3.63) is 41.2 Å². The molecule has 6 nitrogen and oxygen atoms in total. The van der Waals surface area contributed by atoms with E-state index in [1.165, 1.54) is 4.80 Å². The summed E-state index contributed by atoms with van der Waals surface area (Å²) in [4.78, 5) is 13.5. The number of carbonyl (C=O) groups is 1. The van der Waals surface area contributed by atoms with Gasteiger partial charge in [0.15, 0.2) is 11.6 Å². The largest absolute Gasteiger partial charge is 0.330 e. The maximum atomic E-state index is 12.2. The molecule has 18 heavy (non-hydrogen) atoms. The van der Waals surface area contributed by atoms with E-state index < -0.39 is 0 Å². The van der Waals surface area contributed by atoms with Gasteiger partial charge in [-0.15, -0.1) is 10.2 Å². The molecule has 0 amide bonds. The number of hydrogen-bond donors (Lipinski definition) is 1. The van der Waals surface area contributed by atoms with Gasteiger partial charge in [0.25, 0.3) is 0 Å². The average Bonchev–Trinajstić information content (AvgIpc) is 2.76. The molecule has 1 aromatic heterocycles. The van der Waals surface area contributed by atoms with E-state index >= 15 is 0 Å². The fourth-order valence-corrected chi connectivity index (χ4v) is 1.80. The molecule has 2 aromatic rings. The maximum Gasteiger partial charge on any atom is 0.182 e. The first-order valence-electron chi connectivity index (χ1n) is 5.74. The van der Waals surface area contributed by atoms with Crippen LogP contribution in [0.5, 0.6) is 0 Å². The molecule has 94 valence electrons. The van der Waals surface area contributed by atoms with Crippen molar-refractivity contribution in [2.75, 3.05) is 6.54 Å². The molecule has 6 heteroatoms. The second kappa shape index (κ2) is 5.50. The molecule has 0 atom stereocenters. The number of aryl methyl sites for hydroxylation is 1. The zero-order valence-electron chi connectivity index (χ0n) is 10.2. The van der Waals surface area contributed by atoms with E-state index in [4.69, 9.17) is 5.73 Å². The van der Waals surface area contributed by atoms with Gasteiger partial charge in [0.2, 0.25) is 0 Å². The lowest BCUT2D eigenvalue weighted by molar-refractivity contribution is 0.0990. The third-order valence-corrected chi connectivity index (χ3v) is 2.60. The molecule has 2 rings (SSSR count). The second-order valence-electron chi connectivity index (χ2n) is 3.99. The van der Waals surface area contributed by atoms with Crippen LogP contribution in [-0.2, 0) is 19.9 Å². The van der Waals surface area contributed by atoms with Gasteiger partial charge in [-0.05, 0) is 23.7 Å². The molecule has 0 fully saturated rings. The van der Waals surface area contributed by atoms with E-state index in [0.717, 1.165) is 5.56 Å². The summed E-state index contributed by atoms with van der Waals surface area (Å²) >= 11 is 0. The molecule has 1 heterocycles. The van der Waals surface area contributed by atoms with E-state index in [2.05, 4.69) is 15.4 Å². The number of rotatable bonds is 5. The number of nitrogens with two attached hydrogens (primary N) is 1. The molecule has 0 unspecified atom stereocenters. The van der Waals surface area contributed by atoms with Crippen LogP contribution in [0, 0.1) is 0 Å². The number of tetrazole rings is 1. The van der Waals surface area contributed by atoms with Gasteiger partial charge in [-0.2, -0.15) is 4.80 Å². The highest BCUT2D eigenvalue weighted by atomic mass is 16.1. The minimum Gasteiger partial charge on any atom is -0.330 e. The minimum absolute atomic E-state index is 0.00736. The fraction of sp³-hybridized carbons (Fsp3) is 0.333. The molecule has 0 aliphatic heterocycles. The Morgan fingerprint density at radius 2 is 2.17 bits per heavy atom. The molecule has 0 spiro atoms. The van der Waals surface area contributed by atoms with Crippen LogP contribution in [0.15, 0.2) is 24.3 Å². The number of hydrogen-bond acceptors (Lipinski definition) is 5. The average molecular weight is 245 g/mol. The summed E-state index contributed by atoms with van der Waals surface area (Å²) < 4.78 is 0. The Kier molecular flexibility index (Phi) is 3.78. The van der Waals surface area contributed by atoms with Crippen molar-refractivity contribution < 1.29 is 4.79 Å². The molecule has 0 saturated heterocycles. The lowest BCUT2D eigenvalue weighted by Gasteiger charge is -2.06. The number of aromatic nitrogens is 4. The first kappa shape index (κ1) is 12.4. The third-order valence-electron chi connectivity index (χ3n) is 2.60. The quantitative estimate of drug-likeness (QED) is 0.757. The van der Waals surface area contributed by atoms with Gasteiger partial charge in [-0.25, -0.2) is 0 Å². The monoisotopic (exact) mass is 245 g/mol. The maximum absolute atomic E-state index is 12.2. The van der Waals surface area contributed by atoms with Crippen LogP contribution in [0.2, 0.25) is 0 Å². The highest BCUT2D eigenvalue weighted by Crippen LogP contribution is 2.11. The Morgan fingerprint density at radius 3 is 2.83 bits per heavy atom. The molecule has 0 aliphatic rings. The van der Waals surface area contributed by atoms with E-state index in [9.17, 15) is 4.79 Å². The van der Waals surface area contributed by atoms with Gasteiger partial charge in [-0.3, -0.25) is 4.79 Å². The van der Waals surface area contributed by atoms with E-state index in [1.54, 1.807) is 7.05 Å². The Bertz CT molecular complexity index is 549. The molecule has 1 aromatic carbocycles. The van der Waals surface area contributed by atoms with Crippen LogP contribution >= 0.6 is 0 Å². The van der Waals surface area contributed by atoms with Gasteiger partial charge in [0, 0.05) is 5.56 Å². The number of carbonyl (C=O) groups excluding carboxylic acids is 1. The van der Waals surface area contributed by atoms with Crippen molar-refractivity contribution in [3.63, 3.8) is 0 Å². The smallest absolute Gasteiger partial charge is 0.182 e. The van der Waals surface area contributed by atoms with Crippen molar-refractivity contribution in [1.29, 1.82) is 0 Å². The second-order valence-corrected chi connectivity index (χ2v) is 3.99. The molecule has 0 aliphatic carbocycles. The third kappa shape index (κ3) is 2.78. The first-order chi connectivity index (χ1) is 8.70. The highest BCUT2D eigenvalue weighted by molar-refractivity contribution is 5.98. The number of nitrogens with zero attached hydrogens (tertiary/aromatic N) is 4. The SMILES string of the molecule is Cn1nnc(CC(=O)c2ccccc2CCN)n1. The van der Waals surface area contributed by atoms with Crippen LogP contribution in [0.3, 0.4) is 0 Å². The van der Waals surface area contributed by atoms with Crippen molar-refractivity contribution >= 4 is 5.78 Å². The van der Waals surface area contributed by atoms with Crippen molar-refractivity contribution in [2.24, 2.45) is 12.8 Å². The number of ketones is 1. The first-order valence-corrected chi connectivity index (χ1v) is 5.74. The predicted octanol–water partition coefficient (Wildman–Crippen LogP) is 0.137. The van der Waals surface area contributed by atoms with Gasteiger partial charge < -0.3 is 5.73 Å². The fourth-order valence-electron chi connectivity index (χ4n) is 1.80. The van der Waals surface area contributed by atoms with Gasteiger partial charge in [-0.1, -0.05) is 24.3 Å². The van der Waals surface area contributed by atoms with E-state index in [0.29, 0.717) is 24.4 Å². The van der Waals surface area contributed by atoms with Crippen molar-refractivity contribution in [3.8, 4) is 0 Å². The Morgan fingerprint density at radius 1 is 1.39 bits per heavy atom. The Labute approximate surface area is 105 Å². The summed E-state index contributed by atoms with van der Waals surface area (Å²) in [7, 11) is 1.67. The van der Waals surface area contributed by atoms with Crippen LogP contribution in [0.4, 0.5) is 0 Å². The van der Waals surface area contributed by atoms with Crippen LogP contribution < -0.4 is 5.73 Å². The standard InChI is InChI=1S/C12H15N5O/c1-17-15-12(14-16-17)8-11(18)10-5-3-2-4-9(10)6-7-13/h2-5H,6-8,13H2,1H3. The van der Waals surface area contributed by atoms with Crippen LogP contribution in [-0.4, -0.2) is 32.5 Å². The number of benzene rings is 1. The van der Waals surface area contributed by atoms with Gasteiger partial charge >= 0.3 is 0 Å². The van der Waals surface area contributed by atoms with Crippen molar-refractivity contribution in [1.82, 2.24) is 20.2 Å². The minimum atomic E-state index is -0.00736. The Balaban J connectivity index is 2.18. The summed E-state index contributed by atoms with van der Waals surface area (Å²) in [5.74, 6) is 0.428. The molecule has 0 bridgehead atoms. The summed E-state index contributed by atoms with van der Waals surface area (Å²) in [5, 5.41) is 11.5. The van der Waals surface area contributed by atoms with E-state index in [-0.39, 0.29) is 12.2 Å². The topological polar surface area (TPSA) is 86.7 Å². The van der Waals surface area contributed by atoms with E-state index in [1.807, 2.05) is 24.3 Å². The molecule has 0 radical (unpaired) electrons. The van der Waals surface area contributed by atoms with Gasteiger partial charge in [0.05, 0.1) is 13.5 Å². The van der Waals surface area contributed by atoms with Crippen LogP contribution in [0.25, 0.3) is 0 Å². The zero-order valence-corrected chi connectivity index (χ0v) is 10.2. The molecular formula is C12H15N5O. The predicted molar refractivity (Wildman–Crippen MR) is 66.0 cm³/mol. The lowest BCUT2D eigenvalue weighted by Crippen LogP contribution is -2.11. The summed E-state index contributed by atoms with van der Waals surface area (Å²) in [6.07, 6.45) is 0.852. The zero-order chi connectivity index (χ0) is 13.0. The van der Waals surface area contributed by atoms with Crippen LogP contribution in [0.1, 0.15) is 21.7 Å². The van der Waals surface area contributed by atoms with Crippen molar-refractivity contribution in [2.45, 2.75) is 12.8 Å². The van der Waals surface area contributed by atoms with Gasteiger partial charge in [0.1, 0.15) is 0 Å². The number of Topliss-reactive ketones (excluding diaryl/α,β-unsaturated/α-hetero) is 1. The highest BCUT2D eigenvalue weighted by Gasteiger charge is 2.13. The normalized spacial score (nSPS) is 10.6. The summed E-state index contributed by atoms with van der Waals surface area (Å²) in [6, 6.07) is 7.48. The molecule has 0 saturated carbocycles. The molecule has 2 N–H and O–H groups in total. The summed E-state index contributed by atoms with van der Waals surface area (Å²) in [6.45, 7) is 0.522. The Hall–Kier alpha value is -2.08. The molecular weight excluding hydrogens is 230 g/mol. The summed E-state index contributed by atoms with van der Waals surface area (Å²) in [5.41, 5.74) is 7.19. The lowest BCUT2D eigenvalue weighted by atomic mass is 9.99.